The van der Waals surface area contributed by atoms with Crippen LogP contribution in [0.15, 0.2) is 5.51 Å². The minimum atomic E-state index is -3.17. The second kappa shape index (κ2) is 6.77. The number of sulfonamides is 1. The molecule has 1 aromatic rings. The third-order valence-electron chi connectivity index (χ3n) is 3.48. The van der Waals surface area contributed by atoms with E-state index in [2.05, 4.69) is 15.5 Å². The maximum Gasteiger partial charge on any atom is 0.243 e. The summed E-state index contributed by atoms with van der Waals surface area (Å²) in [5.74, 6) is -0.153. The molecular formula is C11H19N5O3S2. The summed E-state index contributed by atoms with van der Waals surface area (Å²) in [5.41, 5.74) is 1.55. The second-order valence-corrected chi connectivity index (χ2v) is 7.78. The van der Waals surface area contributed by atoms with Crippen molar-refractivity contribution in [3.63, 3.8) is 0 Å². The van der Waals surface area contributed by atoms with E-state index in [0.717, 1.165) is 0 Å². The fourth-order valence-electron chi connectivity index (χ4n) is 2.24. The Morgan fingerprint density at radius 2 is 2.14 bits per heavy atom. The van der Waals surface area contributed by atoms with Crippen LogP contribution in [0.2, 0.25) is 0 Å². The molecule has 8 nitrogen and oxygen atoms in total. The van der Waals surface area contributed by atoms with Gasteiger partial charge in [0, 0.05) is 26.2 Å². The molecule has 0 bridgehead atoms. The molecule has 0 aliphatic carbocycles. The van der Waals surface area contributed by atoms with E-state index >= 15 is 0 Å². The molecule has 1 fully saturated rings. The van der Waals surface area contributed by atoms with Crippen molar-refractivity contribution in [2.45, 2.75) is 19.4 Å². The molecule has 10 heteroatoms. The molecule has 1 saturated heterocycles. The van der Waals surface area contributed by atoms with Crippen LogP contribution in [0.3, 0.4) is 0 Å². The zero-order valence-corrected chi connectivity index (χ0v) is 13.7. The van der Waals surface area contributed by atoms with Crippen LogP contribution in [0.1, 0.15) is 13.3 Å². The zero-order valence-electron chi connectivity index (χ0n) is 12.0. The van der Waals surface area contributed by atoms with Crippen LogP contribution < -0.4 is 5.32 Å². The Kier molecular flexibility index (Phi) is 5.25. The topological polar surface area (TPSA) is 95.5 Å². The molecule has 1 aliphatic heterocycles. The number of amides is 1. The highest BCUT2D eigenvalue weighted by molar-refractivity contribution is 7.88. The summed E-state index contributed by atoms with van der Waals surface area (Å²) in [7, 11) is -3.17. The summed E-state index contributed by atoms with van der Waals surface area (Å²) in [5, 5.41) is 10.6. The third-order valence-corrected chi connectivity index (χ3v) is 5.39. The van der Waals surface area contributed by atoms with Gasteiger partial charge in [0.25, 0.3) is 0 Å². The molecule has 118 valence electrons. The number of rotatable bonds is 4. The van der Waals surface area contributed by atoms with Crippen LogP contribution in [0, 0.1) is 0 Å². The SMILES string of the molecule is CC(C(=O)Nc1nncs1)N1CCCN(S(C)(=O)=O)CC1. The first kappa shape index (κ1) is 16.3. The second-order valence-electron chi connectivity index (χ2n) is 4.96. The van der Waals surface area contributed by atoms with Gasteiger partial charge >= 0.3 is 0 Å². The van der Waals surface area contributed by atoms with Gasteiger partial charge in [0.05, 0.1) is 12.3 Å². The molecule has 1 N–H and O–H groups in total. The molecular weight excluding hydrogens is 314 g/mol. The van der Waals surface area contributed by atoms with Gasteiger partial charge in [0.15, 0.2) is 0 Å². The number of aromatic nitrogens is 2. The van der Waals surface area contributed by atoms with Gasteiger partial charge in [-0.1, -0.05) is 11.3 Å². The number of hydrogen-bond donors (Lipinski definition) is 1. The average molecular weight is 333 g/mol. The van der Waals surface area contributed by atoms with E-state index in [4.69, 9.17) is 0 Å². The Morgan fingerprint density at radius 3 is 2.76 bits per heavy atom. The lowest BCUT2D eigenvalue weighted by atomic mass is 10.2. The largest absolute Gasteiger partial charge is 0.299 e. The Labute approximate surface area is 128 Å². The molecule has 2 rings (SSSR count). The number of nitrogens with one attached hydrogen (secondary N) is 1. The highest BCUT2D eigenvalue weighted by Gasteiger charge is 2.27. The highest BCUT2D eigenvalue weighted by Crippen LogP contribution is 2.13. The first-order valence-corrected chi connectivity index (χ1v) is 9.37. The maximum atomic E-state index is 12.2. The zero-order chi connectivity index (χ0) is 15.5. The van der Waals surface area contributed by atoms with Crippen LogP contribution >= 0.6 is 11.3 Å². The van der Waals surface area contributed by atoms with Crippen molar-refractivity contribution in [2.75, 3.05) is 37.8 Å². The predicted molar refractivity (Wildman–Crippen MR) is 80.6 cm³/mol. The van der Waals surface area contributed by atoms with Crippen molar-refractivity contribution in [2.24, 2.45) is 0 Å². The van der Waals surface area contributed by atoms with Crippen LogP contribution in [-0.4, -0.2) is 72.2 Å². The fourth-order valence-corrected chi connectivity index (χ4v) is 3.56. The molecule has 21 heavy (non-hydrogen) atoms. The van der Waals surface area contributed by atoms with Gasteiger partial charge in [-0.2, -0.15) is 0 Å². The number of anilines is 1. The lowest BCUT2D eigenvalue weighted by molar-refractivity contribution is -0.120. The minimum Gasteiger partial charge on any atom is -0.299 e. The smallest absolute Gasteiger partial charge is 0.243 e. The maximum absolute atomic E-state index is 12.2. The van der Waals surface area contributed by atoms with Gasteiger partial charge in [-0.25, -0.2) is 12.7 Å². The summed E-state index contributed by atoms with van der Waals surface area (Å²) in [4.78, 5) is 14.1. The molecule has 0 saturated carbocycles. The molecule has 2 heterocycles. The average Bonchev–Trinajstić information content (AvgIpc) is 2.77. The Balaban J connectivity index is 1.93. The van der Waals surface area contributed by atoms with Crippen LogP contribution in [0.4, 0.5) is 5.13 Å². The standard InChI is InChI=1S/C11H19N5O3S2/c1-9(10(17)13-11-14-12-8-20-11)15-4-3-5-16(7-6-15)21(2,18)19/h8-9H,3-7H2,1-2H3,(H,13,14,17). The van der Waals surface area contributed by atoms with Crippen molar-refractivity contribution in [3.8, 4) is 0 Å². The minimum absolute atomic E-state index is 0.153. The van der Waals surface area contributed by atoms with Gasteiger partial charge in [-0.15, -0.1) is 10.2 Å². The molecule has 1 atom stereocenters. The first-order valence-electron chi connectivity index (χ1n) is 6.64. The Morgan fingerprint density at radius 1 is 1.38 bits per heavy atom. The number of nitrogens with zero attached hydrogens (tertiary/aromatic N) is 4. The van der Waals surface area contributed by atoms with Crippen LogP contribution in [0.25, 0.3) is 0 Å². The van der Waals surface area contributed by atoms with Crippen molar-refractivity contribution in [1.29, 1.82) is 0 Å². The fraction of sp³-hybridized carbons (Fsp3) is 0.727. The summed E-state index contributed by atoms with van der Waals surface area (Å²) >= 11 is 1.26. The molecule has 1 aromatic heterocycles. The van der Waals surface area contributed by atoms with E-state index in [1.165, 1.54) is 21.9 Å². The van der Waals surface area contributed by atoms with E-state index in [9.17, 15) is 13.2 Å². The quantitative estimate of drug-likeness (QED) is 0.822. The van der Waals surface area contributed by atoms with Crippen LogP contribution in [0.5, 0.6) is 0 Å². The van der Waals surface area contributed by atoms with Gasteiger partial charge in [-0.05, 0) is 13.3 Å². The van der Waals surface area contributed by atoms with Crippen molar-refractivity contribution >= 4 is 32.4 Å². The Hall–Kier alpha value is -1.10. The van der Waals surface area contributed by atoms with Crippen molar-refractivity contribution < 1.29 is 13.2 Å². The van der Waals surface area contributed by atoms with Crippen LogP contribution in [-0.2, 0) is 14.8 Å². The highest BCUT2D eigenvalue weighted by atomic mass is 32.2. The normalized spacial score (nSPS) is 19.9. The predicted octanol–water partition coefficient (Wildman–Crippen LogP) is -0.168. The van der Waals surface area contributed by atoms with E-state index in [1.807, 2.05) is 11.8 Å². The lowest BCUT2D eigenvalue weighted by Gasteiger charge is -2.26. The van der Waals surface area contributed by atoms with Crippen molar-refractivity contribution in [3.05, 3.63) is 5.51 Å². The summed E-state index contributed by atoms with van der Waals surface area (Å²) < 4.78 is 24.6. The summed E-state index contributed by atoms with van der Waals surface area (Å²) in [6, 6.07) is -0.339. The number of hydrogen-bond acceptors (Lipinski definition) is 7. The number of carbonyl (C=O) groups is 1. The summed E-state index contributed by atoms with van der Waals surface area (Å²) in [6.45, 7) is 3.95. The molecule has 0 spiro atoms. The first-order chi connectivity index (χ1) is 9.88. The van der Waals surface area contributed by atoms with E-state index in [0.29, 0.717) is 37.7 Å². The molecule has 1 amide bonds. The van der Waals surface area contributed by atoms with Gasteiger partial charge in [0.1, 0.15) is 5.51 Å². The monoisotopic (exact) mass is 333 g/mol. The van der Waals surface area contributed by atoms with Gasteiger partial charge < -0.3 is 0 Å². The molecule has 1 aliphatic rings. The third kappa shape index (κ3) is 4.43. The van der Waals surface area contributed by atoms with Gasteiger partial charge in [-0.3, -0.25) is 15.0 Å². The molecule has 0 aromatic carbocycles. The Bertz CT molecular complexity index is 575. The van der Waals surface area contributed by atoms with E-state index in [-0.39, 0.29) is 11.9 Å². The molecule has 0 radical (unpaired) electrons. The number of carbonyl (C=O) groups excluding carboxylic acids is 1. The summed E-state index contributed by atoms with van der Waals surface area (Å²) in [6.07, 6.45) is 1.93. The van der Waals surface area contributed by atoms with Gasteiger partial charge in [0.2, 0.25) is 21.1 Å². The van der Waals surface area contributed by atoms with Crippen molar-refractivity contribution in [1.82, 2.24) is 19.4 Å². The van der Waals surface area contributed by atoms with E-state index < -0.39 is 10.0 Å². The lowest BCUT2D eigenvalue weighted by Crippen LogP contribution is -2.44. The van der Waals surface area contributed by atoms with E-state index in [1.54, 1.807) is 5.51 Å². The molecule has 1 unspecified atom stereocenters.